The predicted molar refractivity (Wildman–Crippen MR) is 76.4 cm³/mol. The number of benzene rings is 3. The van der Waals surface area contributed by atoms with E-state index < -0.39 is 0 Å². The zero-order chi connectivity index (χ0) is 12.4. The summed E-state index contributed by atoms with van der Waals surface area (Å²) in [5, 5.41) is 2.49. The van der Waals surface area contributed by atoms with Gasteiger partial charge in [0.2, 0.25) is 0 Å². The van der Waals surface area contributed by atoms with Crippen molar-refractivity contribution in [2.45, 2.75) is 6.04 Å². The van der Waals surface area contributed by atoms with Crippen molar-refractivity contribution in [3.8, 4) is 0 Å². The molecule has 0 aliphatic heterocycles. The fraction of sp³-hybridized carbons (Fsp3) is 0.0588. The Labute approximate surface area is 107 Å². The maximum absolute atomic E-state index is 6.31. The van der Waals surface area contributed by atoms with E-state index >= 15 is 0 Å². The minimum atomic E-state index is -0.0594. The second kappa shape index (κ2) is 4.63. The highest BCUT2D eigenvalue weighted by Crippen LogP contribution is 2.23. The lowest BCUT2D eigenvalue weighted by atomic mass is 9.97. The topological polar surface area (TPSA) is 26.0 Å². The molecule has 3 aromatic carbocycles. The average molecular weight is 233 g/mol. The van der Waals surface area contributed by atoms with Gasteiger partial charge in [-0.15, -0.1) is 0 Å². The molecule has 0 unspecified atom stereocenters. The average Bonchev–Trinajstić information content (AvgIpc) is 2.47. The van der Waals surface area contributed by atoms with Crippen LogP contribution in [0.15, 0.2) is 72.8 Å². The molecule has 1 atom stereocenters. The summed E-state index contributed by atoms with van der Waals surface area (Å²) in [6, 6.07) is 24.9. The zero-order valence-corrected chi connectivity index (χ0v) is 10.1. The molecule has 2 N–H and O–H groups in total. The fourth-order valence-electron chi connectivity index (χ4n) is 2.25. The van der Waals surface area contributed by atoms with Crippen molar-refractivity contribution in [3.05, 3.63) is 83.9 Å². The van der Waals surface area contributed by atoms with Crippen LogP contribution in [0.2, 0.25) is 0 Å². The molecule has 0 aliphatic carbocycles. The maximum atomic E-state index is 6.31. The van der Waals surface area contributed by atoms with Crippen LogP contribution in [0, 0.1) is 0 Å². The normalized spacial score (nSPS) is 12.5. The van der Waals surface area contributed by atoms with E-state index in [-0.39, 0.29) is 6.04 Å². The van der Waals surface area contributed by atoms with Crippen molar-refractivity contribution < 1.29 is 0 Å². The van der Waals surface area contributed by atoms with Gasteiger partial charge in [0.25, 0.3) is 0 Å². The van der Waals surface area contributed by atoms with Crippen molar-refractivity contribution in [1.29, 1.82) is 0 Å². The standard InChI is InChI=1S/C17H15N/c18-17(14-7-2-1-3-8-14)16-11-10-13-6-4-5-9-15(13)12-16/h1-12,17H,18H2/t17-/m1/s1. The third kappa shape index (κ3) is 2.01. The molecule has 0 radical (unpaired) electrons. The highest BCUT2D eigenvalue weighted by molar-refractivity contribution is 5.83. The third-order valence-electron chi connectivity index (χ3n) is 3.29. The van der Waals surface area contributed by atoms with Crippen LogP contribution in [0.5, 0.6) is 0 Å². The Kier molecular flexibility index (Phi) is 2.83. The molecule has 3 rings (SSSR count). The number of nitrogens with two attached hydrogens (primary N) is 1. The molecule has 0 saturated heterocycles. The molecule has 0 amide bonds. The van der Waals surface area contributed by atoms with Gasteiger partial charge in [0.05, 0.1) is 6.04 Å². The molecule has 18 heavy (non-hydrogen) atoms. The van der Waals surface area contributed by atoms with Crippen LogP contribution in [0.1, 0.15) is 17.2 Å². The summed E-state index contributed by atoms with van der Waals surface area (Å²) in [5.41, 5.74) is 8.61. The molecule has 0 spiro atoms. The third-order valence-corrected chi connectivity index (χ3v) is 3.29. The lowest BCUT2D eigenvalue weighted by Crippen LogP contribution is -2.11. The maximum Gasteiger partial charge on any atom is 0.0551 e. The number of hydrogen-bond acceptors (Lipinski definition) is 1. The van der Waals surface area contributed by atoms with Gasteiger partial charge in [-0.05, 0) is 28.0 Å². The Hall–Kier alpha value is -2.12. The Morgan fingerprint density at radius 1 is 0.611 bits per heavy atom. The minimum absolute atomic E-state index is 0.0594. The summed E-state index contributed by atoms with van der Waals surface area (Å²) < 4.78 is 0. The first kappa shape index (κ1) is 11.0. The van der Waals surface area contributed by atoms with E-state index in [1.54, 1.807) is 0 Å². The van der Waals surface area contributed by atoms with Crippen molar-refractivity contribution >= 4 is 10.8 Å². The molecule has 0 bridgehead atoms. The van der Waals surface area contributed by atoms with E-state index in [0.29, 0.717) is 0 Å². The first-order valence-electron chi connectivity index (χ1n) is 6.14. The summed E-state index contributed by atoms with van der Waals surface area (Å²) >= 11 is 0. The van der Waals surface area contributed by atoms with Gasteiger partial charge < -0.3 is 5.73 Å². The van der Waals surface area contributed by atoms with Crippen molar-refractivity contribution in [2.24, 2.45) is 5.73 Å². The second-order valence-electron chi connectivity index (χ2n) is 4.49. The lowest BCUT2D eigenvalue weighted by molar-refractivity contribution is 0.873. The second-order valence-corrected chi connectivity index (χ2v) is 4.49. The van der Waals surface area contributed by atoms with Crippen LogP contribution in [0.25, 0.3) is 10.8 Å². The Morgan fingerprint density at radius 2 is 1.28 bits per heavy atom. The van der Waals surface area contributed by atoms with Crippen molar-refractivity contribution in [2.75, 3.05) is 0 Å². The quantitative estimate of drug-likeness (QED) is 0.714. The smallest absolute Gasteiger partial charge is 0.0551 e. The minimum Gasteiger partial charge on any atom is -0.320 e. The molecule has 0 saturated carbocycles. The van der Waals surface area contributed by atoms with Gasteiger partial charge in [-0.25, -0.2) is 0 Å². The first-order valence-corrected chi connectivity index (χ1v) is 6.14. The van der Waals surface area contributed by atoms with Gasteiger partial charge >= 0.3 is 0 Å². The molecule has 1 nitrogen and oxygen atoms in total. The largest absolute Gasteiger partial charge is 0.320 e. The highest BCUT2D eigenvalue weighted by atomic mass is 14.6. The first-order chi connectivity index (χ1) is 8.84. The van der Waals surface area contributed by atoms with Crippen molar-refractivity contribution in [1.82, 2.24) is 0 Å². The monoisotopic (exact) mass is 233 g/mol. The fourth-order valence-corrected chi connectivity index (χ4v) is 2.25. The van der Waals surface area contributed by atoms with Crippen LogP contribution in [-0.2, 0) is 0 Å². The SMILES string of the molecule is N[C@H](c1ccccc1)c1ccc2ccccc2c1. The molecule has 3 aromatic rings. The van der Waals surface area contributed by atoms with Gasteiger partial charge in [0.15, 0.2) is 0 Å². The van der Waals surface area contributed by atoms with Crippen LogP contribution in [0.4, 0.5) is 0 Å². The van der Waals surface area contributed by atoms with Gasteiger partial charge in [-0.3, -0.25) is 0 Å². The van der Waals surface area contributed by atoms with Gasteiger partial charge in [0, 0.05) is 0 Å². The number of hydrogen-bond donors (Lipinski definition) is 1. The summed E-state index contributed by atoms with van der Waals surface area (Å²) in [5.74, 6) is 0. The molecular formula is C17H15N. The van der Waals surface area contributed by atoms with Crippen molar-refractivity contribution in [3.63, 3.8) is 0 Å². The van der Waals surface area contributed by atoms with Gasteiger partial charge in [-0.2, -0.15) is 0 Å². The summed E-state index contributed by atoms with van der Waals surface area (Å²) in [6.45, 7) is 0. The zero-order valence-electron chi connectivity index (χ0n) is 10.1. The summed E-state index contributed by atoms with van der Waals surface area (Å²) in [7, 11) is 0. The van der Waals surface area contributed by atoms with Gasteiger partial charge in [-0.1, -0.05) is 66.7 Å². The Balaban J connectivity index is 2.04. The highest BCUT2D eigenvalue weighted by Gasteiger charge is 2.08. The van der Waals surface area contributed by atoms with E-state index in [2.05, 4.69) is 54.6 Å². The van der Waals surface area contributed by atoms with E-state index in [1.165, 1.54) is 10.8 Å². The molecular weight excluding hydrogens is 218 g/mol. The molecule has 0 aliphatic rings. The van der Waals surface area contributed by atoms with Crippen LogP contribution in [0.3, 0.4) is 0 Å². The predicted octanol–water partition coefficient (Wildman–Crippen LogP) is 3.89. The number of fused-ring (bicyclic) bond motifs is 1. The molecule has 1 heteroatoms. The van der Waals surface area contributed by atoms with E-state index in [1.807, 2.05) is 18.2 Å². The van der Waals surface area contributed by atoms with Gasteiger partial charge in [0.1, 0.15) is 0 Å². The number of rotatable bonds is 2. The Morgan fingerprint density at radius 3 is 2.06 bits per heavy atom. The molecule has 0 aromatic heterocycles. The lowest BCUT2D eigenvalue weighted by Gasteiger charge is -2.13. The summed E-state index contributed by atoms with van der Waals surface area (Å²) in [6.07, 6.45) is 0. The molecule has 88 valence electrons. The van der Waals surface area contributed by atoms with E-state index in [9.17, 15) is 0 Å². The molecule has 0 fully saturated rings. The van der Waals surface area contributed by atoms with E-state index in [4.69, 9.17) is 5.73 Å². The van der Waals surface area contributed by atoms with Crippen LogP contribution >= 0.6 is 0 Å². The van der Waals surface area contributed by atoms with Crippen LogP contribution < -0.4 is 5.73 Å². The van der Waals surface area contributed by atoms with E-state index in [0.717, 1.165) is 11.1 Å². The Bertz CT molecular complexity index is 659. The van der Waals surface area contributed by atoms with Crippen LogP contribution in [-0.4, -0.2) is 0 Å². The summed E-state index contributed by atoms with van der Waals surface area (Å²) in [4.78, 5) is 0. The molecule has 0 heterocycles.